The summed E-state index contributed by atoms with van der Waals surface area (Å²) in [5.74, 6) is 2.80. The normalized spacial score (nSPS) is 37.8. The van der Waals surface area contributed by atoms with Crippen LogP contribution in [0.15, 0.2) is 65.7 Å². The number of aromatic nitrogens is 1. The quantitative estimate of drug-likeness (QED) is 0.175. The predicted octanol–water partition coefficient (Wildman–Crippen LogP) is 9.29. The molecule has 0 bridgehead atoms. The van der Waals surface area contributed by atoms with Gasteiger partial charge in [-0.1, -0.05) is 65.0 Å². The van der Waals surface area contributed by atoms with E-state index in [9.17, 15) is 18.3 Å². The van der Waals surface area contributed by atoms with Crippen molar-refractivity contribution >= 4 is 27.2 Å². The highest BCUT2D eigenvalue weighted by Crippen LogP contribution is 2.76. The fourth-order valence-electron chi connectivity index (χ4n) is 13.5. The van der Waals surface area contributed by atoms with Gasteiger partial charge in [0.2, 0.25) is 0 Å². The molecule has 0 saturated heterocycles. The lowest BCUT2D eigenvalue weighted by molar-refractivity contribution is -0.219. The molecule has 4 fully saturated rings. The van der Waals surface area contributed by atoms with Gasteiger partial charge in [0.15, 0.2) is 9.84 Å². The average molecular weight is 728 g/mol. The first kappa shape index (κ1) is 37.3. The summed E-state index contributed by atoms with van der Waals surface area (Å²) in [6.45, 7) is 21.3. The number of benzene rings is 1. The lowest BCUT2D eigenvalue weighted by atomic mass is 9.33. The molecule has 1 heterocycles. The number of pyridine rings is 1. The number of carbonyl (C=O) groups is 1. The van der Waals surface area contributed by atoms with Crippen LogP contribution in [0.4, 0.5) is 5.82 Å². The van der Waals surface area contributed by atoms with Crippen molar-refractivity contribution in [2.45, 2.75) is 110 Å². The molecule has 5 aliphatic rings. The fraction of sp³-hybridized carbons (Fsp3) is 0.636. The van der Waals surface area contributed by atoms with Crippen molar-refractivity contribution in [3.05, 3.63) is 72.0 Å². The molecule has 2 aromatic rings. The Balaban J connectivity index is 1.12. The molecule has 282 valence electrons. The number of allylic oxidation sites excluding steroid dienone is 3. The van der Waals surface area contributed by atoms with Gasteiger partial charge in [-0.05, 0) is 151 Å². The van der Waals surface area contributed by atoms with Gasteiger partial charge in [-0.3, -0.25) is 0 Å². The second kappa shape index (κ2) is 12.8. The second-order valence-corrected chi connectivity index (χ2v) is 20.8. The Morgan fingerprint density at radius 1 is 0.904 bits per heavy atom. The summed E-state index contributed by atoms with van der Waals surface area (Å²) in [6.07, 6.45) is 16.1. The second-order valence-electron chi connectivity index (χ2n) is 18.8. The van der Waals surface area contributed by atoms with Crippen LogP contribution >= 0.6 is 0 Å². The number of hydrogen-bond donors (Lipinski definition) is 3. The third kappa shape index (κ3) is 5.72. The van der Waals surface area contributed by atoms with Crippen LogP contribution in [0.3, 0.4) is 0 Å². The van der Waals surface area contributed by atoms with Crippen molar-refractivity contribution < 1.29 is 18.3 Å². The zero-order valence-electron chi connectivity index (χ0n) is 32.5. The monoisotopic (exact) mass is 727 g/mol. The van der Waals surface area contributed by atoms with E-state index in [1.54, 1.807) is 24.3 Å². The number of carboxylic acid groups (broad SMARTS) is 1. The van der Waals surface area contributed by atoms with Crippen molar-refractivity contribution in [3.63, 3.8) is 0 Å². The Morgan fingerprint density at radius 3 is 2.27 bits per heavy atom. The Morgan fingerprint density at radius 2 is 1.63 bits per heavy atom. The van der Waals surface area contributed by atoms with Crippen LogP contribution in [0.25, 0.3) is 5.57 Å². The maximum Gasteiger partial charge on any atom is 0.335 e. The van der Waals surface area contributed by atoms with Gasteiger partial charge in [0.1, 0.15) is 5.82 Å². The maximum atomic E-state index is 11.9. The third-order valence-corrected chi connectivity index (χ3v) is 17.3. The summed E-state index contributed by atoms with van der Waals surface area (Å²) >= 11 is 0. The summed E-state index contributed by atoms with van der Waals surface area (Å²) < 4.78 is 23.8. The number of rotatable bonds is 9. The SMILES string of the molecule is C=C(C)C1CCC2(NCCNc3ccc(S(C)(=O)=O)cn3)CCC3(C)C(CCC4C5(C)CC=C(c6ccc(C(=O)O)cc6)C(C)(C)C5CCC43C)C12. The first-order chi connectivity index (χ1) is 24.4. The summed E-state index contributed by atoms with van der Waals surface area (Å²) in [7, 11) is -3.27. The first-order valence-corrected chi connectivity index (χ1v) is 21.6. The van der Waals surface area contributed by atoms with Crippen molar-refractivity contribution in [2.24, 2.45) is 51.2 Å². The molecular weight excluding hydrogens is 667 g/mol. The lowest BCUT2D eigenvalue weighted by Gasteiger charge is -2.72. The van der Waals surface area contributed by atoms with E-state index in [0.717, 1.165) is 19.5 Å². The van der Waals surface area contributed by atoms with E-state index in [2.05, 4.69) is 69.8 Å². The molecule has 0 radical (unpaired) electrons. The van der Waals surface area contributed by atoms with Crippen LogP contribution in [0.1, 0.15) is 115 Å². The molecule has 7 nitrogen and oxygen atoms in total. The molecular formula is C44H61N3O4S. The van der Waals surface area contributed by atoms with Gasteiger partial charge in [-0.25, -0.2) is 18.2 Å². The van der Waals surface area contributed by atoms with Crippen LogP contribution in [0, 0.1) is 51.2 Å². The van der Waals surface area contributed by atoms with E-state index in [0.29, 0.717) is 41.0 Å². The Hall–Kier alpha value is -2.97. The summed E-state index contributed by atoms with van der Waals surface area (Å²) in [5, 5.41) is 17.1. The maximum absolute atomic E-state index is 11.9. The molecule has 1 aromatic heterocycles. The number of carboxylic acids is 1. The molecule has 9 unspecified atom stereocenters. The van der Waals surface area contributed by atoms with E-state index in [4.69, 9.17) is 0 Å². The highest BCUT2D eigenvalue weighted by atomic mass is 32.2. The highest BCUT2D eigenvalue weighted by Gasteiger charge is 2.70. The number of fused-ring (bicyclic) bond motifs is 7. The fourth-order valence-corrected chi connectivity index (χ4v) is 14.1. The van der Waals surface area contributed by atoms with E-state index in [-0.39, 0.29) is 32.1 Å². The third-order valence-electron chi connectivity index (χ3n) is 16.2. The van der Waals surface area contributed by atoms with Gasteiger partial charge in [0.05, 0.1) is 10.5 Å². The topological polar surface area (TPSA) is 108 Å². The van der Waals surface area contributed by atoms with E-state index >= 15 is 0 Å². The van der Waals surface area contributed by atoms with Gasteiger partial charge < -0.3 is 15.7 Å². The number of anilines is 1. The number of nitrogens with one attached hydrogen (secondary N) is 2. The molecule has 3 N–H and O–H groups in total. The van der Waals surface area contributed by atoms with Crippen molar-refractivity contribution in [1.29, 1.82) is 0 Å². The zero-order valence-corrected chi connectivity index (χ0v) is 33.3. The molecule has 8 heteroatoms. The molecule has 4 saturated carbocycles. The molecule has 0 spiro atoms. The van der Waals surface area contributed by atoms with E-state index < -0.39 is 15.8 Å². The smallest absolute Gasteiger partial charge is 0.335 e. The van der Waals surface area contributed by atoms with Crippen LogP contribution in [-0.2, 0) is 9.84 Å². The van der Waals surface area contributed by atoms with Crippen molar-refractivity contribution in [2.75, 3.05) is 24.7 Å². The molecule has 5 aliphatic carbocycles. The molecule has 52 heavy (non-hydrogen) atoms. The minimum Gasteiger partial charge on any atom is -0.478 e. The number of aromatic carboxylic acids is 1. The minimum absolute atomic E-state index is 0.00172. The summed E-state index contributed by atoms with van der Waals surface area (Å²) in [6, 6.07) is 10.9. The van der Waals surface area contributed by atoms with Gasteiger partial charge in [0.25, 0.3) is 0 Å². The van der Waals surface area contributed by atoms with Crippen LogP contribution in [-0.4, -0.2) is 49.4 Å². The van der Waals surface area contributed by atoms with Gasteiger partial charge in [-0.15, -0.1) is 0 Å². The highest BCUT2D eigenvalue weighted by molar-refractivity contribution is 7.90. The first-order valence-electron chi connectivity index (χ1n) is 19.7. The largest absolute Gasteiger partial charge is 0.478 e. The van der Waals surface area contributed by atoms with Gasteiger partial charge in [0, 0.05) is 31.1 Å². The molecule has 9 atom stereocenters. The number of nitrogens with zero attached hydrogens (tertiary/aromatic N) is 1. The average Bonchev–Trinajstić information content (AvgIpc) is 3.47. The Labute approximate surface area is 312 Å². The van der Waals surface area contributed by atoms with E-state index in [1.807, 2.05) is 12.1 Å². The van der Waals surface area contributed by atoms with Crippen molar-refractivity contribution in [3.8, 4) is 0 Å². The number of sulfone groups is 1. The standard InChI is InChI=1S/C44H61N3O4S/c1-28(2)32-17-22-44(47-26-25-45-37-16-13-31(27-46-37)52(8,50)51)24-23-42(6)34(38(32)44)14-15-36-41(5)20-18-33(29-9-11-30(12-10-29)39(48)49)40(3,4)35(41)19-21-43(36,42)7/h9-13,16,18,27,32,34-36,38,47H,1,14-15,17,19-26H2,2-8H3,(H,45,46)(H,48,49). The van der Waals surface area contributed by atoms with Crippen molar-refractivity contribution in [1.82, 2.24) is 10.3 Å². The molecule has 0 aliphatic heterocycles. The van der Waals surface area contributed by atoms with Gasteiger partial charge in [-0.2, -0.15) is 0 Å². The summed E-state index contributed by atoms with van der Waals surface area (Å²) in [4.78, 5) is 16.2. The Kier molecular flexibility index (Phi) is 9.21. The molecule has 0 amide bonds. The summed E-state index contributed by atoms with van der Waals surface area (Å²) in [5.41, 5.74) is 5.06. The number of hydrogen-bond acceptors (Lipinski definition) is 6. The zero-order chi connectivity index (χ0) is 37.5. The van der Waals surface area contributed by atoms with E-state index in [1.165, 1.54) is 80.5 Å². The predicted molar refractivity (Wildman–Crippen MR) is 210 cm³/mol. The minimum atomic E-state index is -3.27. The Bertz CT molecular complexity index is 1870. The van der Waals surface area contributed by atoms with Crippen LogP contribution in [0.2, 0.25) is 0 Å². The lowest BCUT2D eigenvalue weighted by Crippen LogP contribution is -2.68. The van der Waals surface area contributed by atoms with Crippen LogP contribution < -0.4 is 10.6 Å². The molecule has 1 aromatic carbocycles. The van der Waals surface area contributed by atoms with Gasteiger partial charge >= 0.3 is 5.97 Å². The molecule has 7 rings (SSSR count). The van der Waals surface area contributed by atoms with Crippen LogP contribution in [0.5, 0.6) is 0 Å².